The molecule has 5 atom stereocenters. The van der Waals surface area contributed by atoms with Crippen LogP contribution in [-0.4, -0.2) is 116 Å². The maximum absolute atomic E-state index is 17.5. The molecule has 0 spiro atoms. The minimum Gasteiger partial charge on any atom is -0.461 e. The number of nitrogens with zero attached hydrogens (tertiary/aromatic N) is 8. The number of amides is 2. The molecule has 2 bridgehead atoms. The van der Waals surface area contributed by atoms with Crippen molar-refractivity contribution in [1.29, 1.82) is 5.26 Å². The summed E-state index contributed by atoms with van der Waals surface area (Å²) >= 11 is 7.84. The number of thiophene rings is 1. The van der Waals surface area contributed by atoms with Crippen LogP contribution in [-0.2, 0) is 37.8 Å². The number of carbonyl (C=O) groups is 3. The molecule has 2 unspecified atom stereocenters. The Balaban J connectivity index is 0.730. The standard InChI is InChI=1S/C56H47ClF4N10O8S/c1-3-56(76)35-14-41-45-27(18-70(41)51(73)34(35)23-77-52(56)74)11-26-12-40(38(60)15-39(26)64-45)65-54(75)78-22-25(2)50(72)71-29-5-6-30(71)21-68(20-29)49-32-13-36(57)43(31-7-8-37(59)47-42(31)33(17-62)48(63)80-47)44(61)46(32)66-53(67-49)79-24-55-9-4-10-69(55)19-28(58)16-55/h7-8,11-15,28-30,76H,2-6,9-10,16,18-24,63H2,1H3,(H,65,75)/t28-,29?,30?,55+,56+/m1/s1. The maximum Gasteiger partial charge on any atom is 0.412 e. The molecule has 410 valence electrons. The van der Waals surface area contributed by atoms with Gasteiger partial charge in [0, 0.05) is 70.5 Å². The highest BCUT2D eigenvalue weighted by Crippen LogP contribution is 2.48. The lowest BCUT2D eigenvalue weighted by Gasteiger charge is -2.42. The molecule has 4 N–H and O–H groups in total. The summed E-state index contributed by atoms with van der Waals surface area (Å²) in [4.78, 5) is 73.4. The number of nitriles is 1. The molecule has 0 aliphatic carbocycles. The van der Waals surface area contributed by atoms with Crippen LogP contribution in [0, 0.1) is 28.8 Å². The zero-order valence-corrected chi connectivity index (χ0v) is 44.2. The molecule has 7 aromatic rings. The Kier molecular flexibility index (Phi) is 12.1. The minimum atomic E-state index is -2.02. The Hall–Kier alpha value is -7.91. The monoisotopic (exact) mass is 1130 g/mol. The topological polar surface area (TPSA) is 231 Å². The highest BCUT2D eigenvalue weighted by molar-refractivity contribution is 7.23. The van der Waals surface area contributed by atoms with E-state index in [9.17, 15) is 33.9 Å². The molecule has 6 aliphatic rings. The average Bonchev–Trinajstić information content (AvgIpc) is 4.32. The maximum atomic E-state index is 17.5. The number of halogens is 5. The number of hydrogen-bond donors (Lipinski definition) is 3. The summed E-state index contributed by atoms with van der Waals surface area (Å²) in [7, 11) is 0. The molecular weight excluding hydrogens is 1080 g/mol. The first-order valence-electron chi connectivity index (χ1n) is 26.0. The largest absolute Gasteiger partial charge is 0.461 e. The first-order valence-corrected chi connectivity index (χ1v) is 27.2. The Morgan fingerprint density at radius 2 is 1.86 bits per heavy atom. The van der Waals surface area contributed by atoms with Gasteiger partial charge in [0.15, 0.2) is 11.4 Å². The third-order valence-corrected chi connectivity index (χ3v) is 18.1. The highest BCUT2D eigenvalue weighted by Gasteiger charge is 2.50. The molecule has 0 radical (unpaired) electrons. The van der Waals surface area contributed by atoms with E-state index in [4.69, 9.17) is 36.5 Å². The van der Waals surface area contributed by atoms with Gasteiger partial charge in [0.05, 0.1) is 67.6 Å². The molecule has 4 saturated heterocycles. The number of aliphatic hydroxyl groups is 1. The predicted octanol–water partition coefficient (Wildman–Crippen LogP) is 8.37. The summed E-state index contributed by atoms with van der Waals surface area (Å²) in [5, 5.41) is 24.4. The van der Waals surface area contributed by atoms with Crippen LogP contribution in [0.2, 0.25) is 5.02 Å². The number of anilines is 3. The van der Waals surface area contributed by atoms with Crippen molar-refractivity contribution in [1.82, 2.24) is 29.3 Å². The molecule has 13 rings (SSSR count). The van der Waals surface area contributed by atoms with Gasteiger partial charge in [-0.1, -0.05) is 31.2 Å². The number of ether oxygens (including phenoxy) is 3. The lowest BCUT2D eigenvalue weighted by Crippen LogP contribution is -2.56. The number of cyclic esters (lactones) is 1. The van der Waals surface area contributed by atoms with Crippen LogP contribution in [0.5, 0.6) is 6.01 Å². The molecule has 18 nitrogen and oxygen atoms in total. The lowest BCUT2D eigenvalue weighted by molar-refractivity contribution is -0.172. The van der Waals surface area contributed by atoms with Crippen molar-refractivity contribution >= 4 is 89.3 Å². The molecule has 3 aromatic carbocycles. The van der Waals surface area contributed by atoms with Crippen molar-refractivity contribution in [2.45, 2.75) is 88.0 Å². The zero-order chi connectivity index (χ0) is 55.8. The summed E-state index contributed by atoms with van der Waals surface area (Å²) in [5.74, 6) is -3.46. The number of benzene rings is 3. The van der Waals surface area contributed by atoms with Gasteiger partial charge in [0.1, 0.15) is 60.0 Å². The van der Waals surface area contributed by atoms with Crippen LogP contribution < -0.4 is 26.2 Å². The van der Waals surface area contributed by atoms with Crippen LogP contribution in [0.15, 0.2) is 59.4 Å². The quantitative estimate of drug-likeness (QED) is 0.0663. The Labute approximate surface area is 460 Å². The van der Waals surface area contributed by atoms with Crippen molar-refractivity contribution in [3.05, 3.63) is 110 Å². The molecule has 2 amide bonds. The van der Waals surface area contributed by atoms with Crippen LogP contribution in [0.4, 0.5) is 38.9 Å². The van der Waals surface area contributed by atoms with Crippen LogP contribution >= 0.6 is 22.9 Å². The molecule has 6 aliphatic heterocycles. The third-order valence-electron chi connectivity index (χ3n) is 16.8. The fraction of sp³-hybridized carbons (Fsp3) is 0.357. The summed E-state index contributed by atoms with van der Waals surface area (Å²) < 4.78 is 81.6. The summed E-state index contributed by atoms with van der Waals surface area (Å²) in [5.41, 5.74) is 4.38. The van der Waals surface area contributed by atoms with Crippen LogP contribution in [0.3, 0.4) is 0 Å². The normalized spacial score (nSPS) is 22.8. The molecule has 80 heavy (non-hydrogen) atoms. The lowest BCUT2D eigenvalue weighted by atomic mass is 9.86. The highest BCUT2D eigenvalue weighted by atomic mass is 35.5. The number of nitrogen functional groups attached to an aromatic ring is 1. The number of alkyl halides is 1. The van der Waals surface area contributed by atoms with E-state index in [1.165, 1.54) is 22.8 Å². The van der Waals surface area contributed by atoms with Crippen LogP contribution in [0.1, 0.15) is 67.7 Å². The van der Waals surface area contributed by atoms with Gasteiger partial charge in [-0.05, 0) is 74.5 Å². The average molecular weight is 1130 g/mol. The number of nitrogens with two attached hydrogens (primary N) is 1. The van der Waals surface area contributed by atoms with Gasteiger partial charge in [0.2, 0.25) is 0 Å². The zero-order valence-electron chi connectivity index (χ0n) is 42.6. The number of esters is 1. The van der Waals surface area contributed by atoms with Crippen LogP contribution in [0.25, 0.3) is 54.4 Å². The second kappa shape index (κ2) is 18.9. The van der Waals surface area contributed by atoms with Gasteiger partial charge >= 0.3 is 18.1 Å². The van der Waals surface area contributed by atoms with Gasteiger partial charge < -0.3 is 39.4 Å². The van der Waals surface area contributed by atoms with E-state index >= 15 is 13.2 Å². The van der Waals surface area contributed by atoms with Crippen molar-refractivity contribution in [3.8, 4) is 34.6 Å². The second-order valence-corrected chi connectivity index (χ2v) is 22.8. The van der Waals surface area contributed by atoms with Crippen molar-refractivity contribution in [2.24, 2.45) is 0 Å². The Bertz CT molecular complexity index is 4030. The number of pyridine rings is 2. The number of piperazine rings is 1. The van der Waals surface area contributed by atoms with Gasteiger partial charge in [-0.25, -0.2) is 32.1 Å². The second-order valence-electron chi connectivity index (χ2n) is 21.3. The number of nitrogens with one attached hydrogen (secondary N) is 1. The van der Waals surface area contributed by atoms with Crippen molar-refractivity contribution in [3.63, 3.8) is 0 Å². The number of rotatable bonds is 10. The fourth-order valence-electron chi connectivity index (χ4n) is 12.9. The number of hydrogen-bond acceptors (Lipinski definition) is 16. The molecule has 10 heterocycles. The summed E-state index contributed by atoms with van der Waals surface area (Å²) in [6.07, 6.45) is 0.814. The molecule has 0 saturated carbocycles. The minimum absolute atomic E-state index is 0.0239. The Morgan fingerprint density at radius 1 is 1.07 bits per heavy atom. The summed E-state index contributed by atoms with van der Waals surface area (Å²) in [6.45, 7) is 6.26. The van der Waals surface area contributed by atoms with Gasteiger partial charge in [-0.2, -0.15) is 15.2 Å². The van der Waals surface area contributed by atoms with E-state index in [0.29, 0.717) is 48.1 Å². The van der Waals surface area contributed by atoms with Crippen molar-refractivity contribution in [2.75, 3.05) is 55.3 Å². The van der Waals surface area contributed by atoms with E-state index < -0.39 is 77.0 Å². The molecular formula is C56H47ClF4N10O8S. The van der Waals surface area contributed by atoms with E-state index in [2.05, 4.69) is 26.8 Å². The van der Waals surface area contributed by atoms with Gasteiger partial charge in [-0.3, -0.25) is 19.8 Å². The predicted molar refractivity (Wildman–Crippen MR) is 287 cm³/mol. The fourth-order valence-corrected chi connectivity index (χ4v) is 14.2. The van der Waals surface area contributed by atoms with Gasteiger partial charge in [-0.15, -0.1) is 11.3 Å². The van der Waals surface area contributed by atoms with Crippen molar-refractivity contribution < 1.29 is 51.3 Å². The first kappa shape index (κ1) is 51.5. The molecule has 4 aromatic heterocycles. The van der Waals surface area contributed by atoms with Gasteiger partial charge in [0.25, 0.3) is 11.5 Å². The van der Waals surface area contributed by atoms with E-state index in [0.717, 1.165) is 29.9 Å². The van der Waals surface area contributed by atoms with E-state index in [1.807, 2.05) is 11.0 Å². The Morgan fingerprint density at radius 3 is 2.62 bits per heavy atom. The molecule has 24 heteroatoms. The number of carbonyl (C=O) groups excluding carboxylic acids is 3. The first-order chi connectivity index (χ1) is 38.4. The van der Waals surface area contributed by atoms with E-state index in [1.54, 1.807) is 24.0 Å². The smallest absolute Gasteiger partial charge is 0.412 e. The summed E-state index contributed by atoms with van der Waals surface area (Å²) in [6, 6.07) is 10.7. The van der Waals surface area contributed by atoms with E-state index in [-0.39, 0.29) is 140 Å². The molecule has 4 fully saturated rings. The number of aromatic nitrogens is 4. The SMILES string of the molecule is C=C(COC(=O)Nc1cc2cc3c(nc2cc1F)-c1cc2c(c(=O)n1C3)COC(=O)[C@]2(O)CC)C(=O)N1C2CCC1CN(c1nc(OC[C@@]34CCCN3C[C@H](F)C4)nc3c(F)c(-c4ccc(F)c5sc(N)c(C#N)c45)c(Cl)cc13)C2. The number of fused-ring (bicyclic) bond motifs is 10. The third kappa shape index (κ3) is 7.95.